The Morgan fingerprint density at radius 1 is 1.29 bits per heavy atom. The van der Waals surface area contributed by atoms with Gasteiger partial charge in [-0.15, -0.1) is 0 Å². The first kappa shape index (κ1) is 17.9. The first-order valence-electron chi connectivity index (χ1n) is 6.95. The number of hydrogen-bond acceptors (Lipinski definition) is 2. The number of carbonyl (C=O) groups excluding carboxylic acids is 1. The zero-order valence-electron chi connectivity index (χ0n) is 12.2. The summed E-state index contributed by atoms with van der Waals surface area (Å²) >= 11 is 3.33. The summed E-state index contributed by atoms with van der Waals surface area (Å²) in [6, 6.07) is 6.20. The lowest BCUT2D eigenvalue weighted by molar-refractivity contribution is -0.0503. The van der Waals surface area contributed by atoms with Gasteiger partial charge >= 0.3 is 6.61 Å². The molecule has 0 fully saturated rings. The highest BCUT2D eigenvalue weighted by molar-refractivity contribution is 9.09. The second-order valence-corrected chi connectivity index (χ2v) is 5.33. The Balaban J connectivity index is 3.08. The second-order valence-electron chi connectivity index (χ2n) is 4.53. The molecule has 0 saturated heterocycles. The number of benzene rings is 1. The van der Waals surface area contributed by atoms with Crippen LogP contribution in [0, 0.1) is 0 Å². The third-order valence-corrected chi connectivity index (χ3v) is 3.66. The third-order valence-electron chi connectivity index (χ3n) is 3.30. The number of hydrogen-bond donors (Lipinski definition) is 0. The average molecular weight is 364 g/mol. The lowest BCUT2D eigenvalue weighted by Crippen LogP contribution is -2.41. The van der Waals surface area contributed by atoms with Crippen molar-refractivity contribution >= 4 is 21.8 Å². The fourth-order valence-corrected chi connectivity index (χ4v) is 2.65. The lowest BCUT2D eigenvalue weighted by Gasteiger charge is -2.30. The molecule has 1 amide bonds. The van der Waals surface area contributed by atoms with E-state index >= 15 is 0 Å². The van der Waals surface area contributed by atoms with Gasteiger partial charge in [-0.2, -0.15) is 8.78 Å². The number of para-hydroxylation sites is 1. The van der Waals surface area contributed by atoms with Crippen molar-refractivity contribution in [1.29, 1.82) is 0 Å². The van der Waals surface area contributed by atoms with Crippen molar-refractivity contribution in [3.63, 3.8) is 0 Å². The van der Waals surface area contributed by atoms with Crippen molar-refractivity contribution < 1.29 is 18.3 Å². The number of halogens is 3. The fraction of sp³-hybridized carbons (Fsp3) is 0.533. The maximum atomic E-state index is 12.7. The van der Waals surface area contributed by atoms with E-state index in [1.165, 1.54) is 12.1 Å². The molecule has 0 saturated carbocycles. The van der Waals surface area contributed by atoms with E-state index in [4.69, 9.17) is 0 Å². The molecule has 0 heterocycles. The molecule has 0 spiro atoms. The van der Waals surface area contributed by atoms with E-state index in [1.807, 2.05) is 13.8 Å². The van der Waals surface area contributed by atoms with Crippen molar-refractivity contribution in [3.05, 3.63) is 29.8 Å². The van der Waals surface area contributed by atoms with Crippen LogP contribution in [0.4, 0.5) is 8.78 Å². The zero-order chi connectivity index (χ0) is 15.8. The fourth-order valence-electron chi connectivity index (χ4n) is 2.27. The Kier molecular flexibility index (Phi) is 7.64. The first-order chi connectivity index (χ1) is 10.0. The summed E-state index contributed by atoms with van der Waals surface area (Å²) in [5.74, 6) is -0.359. The van der Waals surface area contributed by atoms with Crippen molar-refractivity contribution in [2.45, 2.75) is 39.3 Å². The van der Waals surface area contributed by atoms with Gasteiger partial charge in [-0.25, -0.2) is 0 Å². The molecule has 1 rings (SSSR count). The molecule has 0 aromatic heterocycles. The van der Waals surface area contributed by atoms with Crippen LogP contribution in [0.3, 0.4) is 0 Å². The van der Waals surface area contributed by atoms with Crippen molar-refractivity contribution in [2.75, 3.05) is 11.9 Å². The molecule has 118 valence electrons. The van der Waals surface area contributed by atoms with Gasteiger partial charge in [0, 0.05) is 17.9 Å². The van der Waals surface area contributed by atoms with Crippen molar-refractivity contribution in [1.82, 2.24) is 4.90 Å². The van der Waals surface area contributed by atoms with E-state index in [1.54, 1.807) is 17.0 Å². The van der Waals surface area contributed by atoms with Crippen LogP contribution < -0.4 is 4.74 Å². The Bertz CT molecular complexity index is 453. The predicted molar refractivity (Wildman–Crippen MR) is 82.3 cm³/mol. The van der Waals surface area contributed by atoms with E-state index in [0.29, 0.717) is 11.9 Å². The predicted octanol–water partition coefficient (Wildman–Crippen LogP) is 4.31. The summed E-state index contributed by atoms with van der Waals surface area (Å²) in [7, 11) is 0. The van der Waals surface area contributed by atoms with Gasteiger partial charge < -0.3 is 9.64 Å². The molecule has 0 aliphatic rings. The van der Waals surface area contributed by atoms with Crippen LogP contribution in [0.5, 0.6) is 5.75 Å². The van der Waals surface area contributed by atoms with Gasteiger partial charge in [-0.3, -0.25) is 4.79 Å². The average Bonchev–Trinajstić information content (AvgIpc) is 2.47. The molecule has 0 unspecified atom stereocenters. The lowest BCUT2D eigenvalue weighted by atomic mass is 10.1. The molecular formula is C15H20BrF2NO2. The van der Waals surface area contributed by atoms with Crippen LogP contribution in [0.1, 0.15) is 37.0 Å². The van der Waals surface area contributed by atoms with Gasteiger partial charge in [0.15, 0.2) is 0 Å². The number of ether oxygens (including phenoxy) is 1. The number of amides is 1. The number of nitrogens with zero attached hydrogens (tertiary/aromatic N) is 1. The standard InChI is InChI=1S/C15H20BrF2NO2/c1-3-11(4-2)19(10-9-16)14(20)12-7-5-6-8-13(12)21-15(17)18/h5-8,11,15H,3-4,9-10H2,1-2H3. The van der Waals surface area contributed by atoms with Gasteiger partial charge in [0.1, 0.15) is 5.75 Å². The largest absolute Gasteiger partial charge is 0.434 e. The van der Waals surface area contributed by atoms with Crippen LogP contribution in [0.2, 0.25) is 0 Å². The monoisotopic (exact) mass is 363 g/mol. The summed E-state index contributed by atoms with van der Waals surface area (Å²) in [6.07, 6.45) is 1.63. The molecule has 0 radical (unpaired) electrons. The van der Waals surface area contributed by atoms with Gasteiger partial charge in [0.05, 0.1) is 5.56 Å². The molecule has 0 atom stereocenters. The molecule has 0 aliphatic heterocycles. The van der Waals surface area contributed by atoms with E-state index in [0.717, 1.165) is 12.8 Å². The Morgan fingerprint density at radius 2 is 1.90 bits per heavy atom. The second kappa shape index (κ2) is 8.97. The van der Waals surface area contributed by atoms with E-state index in [2.05, 4.69) is 20.7 Å². The maximum absolute atomic E-state index is 12.7. The van der Waals surface area contributed by atoms with Crippen LogP contribution in [0.25, 0.3) is 0 Å². The first-order valence-corrected chi connectivity index (χ1v) is 8.08. The highest BCUT2D eigenvalue weighted by Gasteiger charge is 2.25. The molecule has 0 N–H and O–H groups in total. The Labute approximate surface area is 132 Å². The Morgan fingerprint density at radius 3 is 2.43 bits per heavy atom. The number of rotatable bonds is 8. The third kappa shape index (κ3) is 4.95. The summed E-state index contributed by atoms with van der Waals surface area (Å²) in [6.45, 7) is 1.58. The van der Waals surface area contributed by atoms with Gasteiger partial charge in [0.2, 0.25) is 0 Å². The molecular weight excluding hydrogens is 344 g/mol. The molecule has 6 heteroatoms. The molecule has 3 nitrogen and oxygen atoms in total. The van der Waals surface area contributed by atoms with Gasteiger partial charge in [-0.05, 0) is 25.0 Å². The zero-order valence-corrected chi connectivity index (χ0v) is 13.8. The van der Waals surface area contributed by atoms with Gasteiger partial charge in [-0.1, -0.05) is 41.9 Å². The molecule has 1 aromatic carbocycles. The van der Waals surface area contributed by atoms with Crippen LogP contribution in [-0.4, -0.2) is 35.3 Å². The highest BCUT2D eigenvalue weighted by atomic mass is 79.9. The van der Waals surface area contributed by atoms with Crippen LogP contribution in [-0.2, 0) is 0 Å². The molecule has 21 heavy (non-hydrogen) atoms. The Hall–Kier alpha value is -1.17. The van der Waals surface area contributed by atoms with Crippen LogP contribution in [0.15, 0.2) is 24.3 Å². The molecule has 0 aliphatic carbocycles. The smallest absolute Gasteiger partial charge is 0.387 e. The minimum Gasteiger partial charge on any atom is -0.434 e. The minimum atomic E-state index is -2.95. The summed E-state index contributed by atoms with van der Waals surface area (Å²) in [5.41, 5.74) is 0.172. The maximum Gasteiger partial charge on any atom is 0.387 e. The van der Waals surface area contributed by atoms with Gasteiger partial charge in [0.25, 0.3) is 5.91 Å². The molecule has 0 bridgehead atoms. The number of carbonyl (C=O) groups is 1. The number of alkyl halides is 3. The van der Waals surface area contributed by atoms with E-state index < -0.39 is 6.61 Å². The van der Waals surface area contributed by atoms with E-state index in [-0.39, 0.29) is 23.3 Å². The molecule has 1 aromatic rings. The topological polar surface area (TPSA) is 29.5 Å². The quantitative estimate of drug-likeness (QED) is 0.644. The van der Waals surface area contributed by atoms with Crippen LogP contribution >= 0.6 is 15.9 Å². The summed E-state index contributed by atoms with van der Waals surface area (Å²) < 4.78 is 29.3. The van der Waals surface area contributed by atoms with Crippen molar-refractivity contribution in [2.24, 2.45) is 0 Å². The normalized spacial score (nSPS) is 11.0. The minimum absolute atomic E-state index is 0.0784. The van der Waals surface area contributed by atoms with E-state index in [9.17, 15) is 13.6 Å². The summed E-state index contributed by atoms with van der Waals surface area (Å²) in [4.78, 5) is 14.4. The highest BCUT2D eigenvalue weighted by Crippen LogP contribution is 2.24. The van der Waals surface area contributed by atoms with Crippen molar-refractivity contribution in [3.8, 4) is 5.75 Å². The SMILES string of the molecule is CCC(CC)N(CCBr)C(=O)c1ccccc1OC(F)F. The summed E-state index contributed by atoms with van der Waals surface area (Å²) in [5, 5.41) is 0.632.